The Morgan fingerprint density at radius 2 is 2.00 bits per heavy atom. The van der Waals surface area contributed by atoms with E-state index in [1.807, 2.05) is 0 Å². The van der Waals surface area contributed by atoms with Gasteiger partial charge < -0.3 is 15.0 Å². The third-order valence-corrected chi connectivity index (χ3v) is 4.04. The second-order valence-corrected chi connectivity index (χ2v) is 5.99. The van der Waals surface area contributed by atoms with Crippen molar-refractivity contribution < 1.29 is 14.3 Å². The first-order valence-corrected chi connectivity index (χ1v) is 7.75. The number of halogens is 1. The molecule has 0 aromatic heterocycles. The Hall–Kier alpha value is -1.56. The molecule has 1 aliphatic rings. The molecule has 0 saturated carbocycles. The highest BCUT2D eigenvalue weighted by molar-refractivity contribution is 9.10. The molecule has 1 N–H and O–H groups in total. The molecular weight excluding hydrogens is 336 g/mol. The average Bonchev–Trinajstić information content (AvgIpc) is 3.00. The maximum absolute atomic E-state index is 12.3. The third-order valence-electron chi connectivity index (χ3n) is 3.54. The van der Waals surface area contributed by atoms with Crippen molar-refractivity contribution in [3.8, 4) is 5.75 Å². The van der Waals surface area contributed by atoms with E-state index in [0.29, 0.717) is 11.3 Å². The predicted octanol–water partition coefficient (Wildman–Crippen LogP) is 2.20. The Kier molecular flexibility index (Phi) is 5.22. The fourth-order valence-corrected chi connectivity index (χ4v) is 2.74. The van der Waals surface area contributed by atoms with Crippen molar-refractivity contribution in [3.05, 3.63) is 28.2 Å². The highest BCUT2D eigenvalue weighted by Gasteiger charge is 2.25. The van der Waals surface area contributed by atoms with Crippen molar-refractivity contribution >= 4 is 27.7 Å². The molecule has 1 atom stereocenters. The molecule has 5 nitrogen and oxygen atoms in total. The molecule has 21 heavy (non-hydrogen) atoms. The number of carbonyl (C=O) groups is 2. The number of benzene rings is 1. The Labute approximate surface area is 132 Å². The number of rotatable bonds is 4. The summed E-state index contributed by atoms with van der Waals surface area (Å²) in [5.74, 6) is 0.138. The van der Waals surface area contributed by atoms with E-state index in [0.717, 1.165) is 30.4 Å². The van der Waals surface area contributed by atoms with Gasteiger partial charge in [0.15, 0.2) is 0 Å². The number of methoxy groups -OCH3 is 1. The molecule has 0 spiro atoms. The molecule has 2 amide bonds. The maximum Gasteiger partial charge on any atom is 0.255 e. The lowest BCUT2D eigenvalue weighted by Gasteiger charge is -2.21. The number of likely N-dealkylation sites (tertiary alicyclic amines) is 1. The van der Waals surface area contributed by atoms with Crippen molar-refractivity contribution in [3.63, 3.8) is 0 Å². The molecule has 1 aromatic rings. The zero-order chi connectivity index (χ0) is 15.4. The van der Waals surface area contributed by atoms with Gasteiger partial charge in [0.05, 0.1) is 12.7 Å². The van der Waals surface area contributed by atoms with E-state index in [4.69, 9.17) is 4.74 Å². The van der Waals surface area contributed by atoms with E-state index in [-0.39, 0.29) is 11.8 Å². The minimum Gasteiger partial charge on any atom is -0.496 e. The van der Waals surface area contributed by atoms with E-state index in [9.17, 15) is 9.59 Å². The van der Waals surface area contributed by atoms with Crippen LogP contribution in [0.25, 0.3) is 0 Å². The van der Waals surface area contributed by atoms with E-state index < -0.39 is 6.04 Å². The van der Waals surface area contributed by atoms with Crippen molar-refractivity contribution in [1.29, 1.82) is 0 Å². The fourth-order valence-electron chi connectivity index (χ4n) is 2.40. The van der Waals surface area contributed by atoms with Gasteiger partial charge in [-0.25, -0.2) is 0 Å². The second kappa shape index (κ2) is 6.93. The van der Waals surface area contributed by atoms with Gasteiger partial charge in [-0.15, -0.1) is 0 Å². The van der Waals surface area contributed by atoms with Crippen molar-refractivity contribution in [2.45, 2.75) is 25.8 Å². The summed E-state index contributed by atoms with van der Waals surface area (Å²) < 4.78 is 6.03. The SMILES string of the molecule is COc1cc(Br)ccc1C(=O)NC(C)C(=O)N1CCCC1. The molecule has 1 aromatic carbocycles. The average molecular weight is 355 g/mol. The van der Waals surface area contributed by atoms with Gasteiger partial charge in [-0.2, -0.15) is 0 Å². The van der Waals surface area contributed by atoms with E-state index in [1.165, 1.54) is 7.11 Å². The van der Waals surface area contributed by atoms with Gasteiger partial charge in [0.2, 0.25) is 5.91 Å². The summed E-state index contributed by atoms with van der Waals surface area (Å²) >= 11 is 3.33. The van der Waals surface area contributed by atoms with Gasteiger partial charge in [-0.1, -0.05) is 15.9 Å². The minimum absolute atomic E-state index is 0.0306. The normalized spacial score (nSPS) is 15.7. The van der Waals surface area contributed by atoms with Crippen LogP contribution in [-0.2, 0) is 4.79 Å². The van der Waals surface area contributed by atoms with E-state index in [2.05, 4.69) is 21.2 Å². The Morgan fingerprint density at radius 3 is 2.62 bits per heavy atom. The lowest BCUT2D eigenvalue weighted by atomic mass is 10.1. The number of carbonyl (C=O) groups excluding carboxylic acids is 2. The largest absolute Gasteiger partial charge is 0.496 e. The number of hydrogen-bond acceptors (Lipinski definition) is 3. The van der Waals surface area contributed by atoms with Crippen LogP contribution in [0.1, 0.15) is 30.1 Å². The lowest BCUT2D eigenvalue weighted by molar-refractivity contribution is -0.131. The standard InChI is InChI=1S/C15H19BrN2O3/c1-10(15(20)18-7-3-4-8-18)17-14(19)12-6-5-11(16)9-13(12)21-2/h5-6,9-10H,3-4,7-8H2,1-2H3,(H,17,19). The van der Waals surface area contributed by atoms with Crippen LogP contribution in [-0.4, -0.2) is 43.0 Å². The van der Waals surface area contributed by atoms with Crippen LogP contribution < -0.4 is 10.1 Å². The number of nitrogens with one attached hydrogen (secondary N) is 1. The summed E-state index contributed by atoms with van der Waals surface area (Å²) in [7, 11) is 1.51. The van der Waals surface area contributed by atoms with Gasteiger partial charge in [0.25, 0.3) is 5.91 Å². The highest BCUT2D eigenvalue weighted by atomic mass is 79.9. The molecule has 0 bridgehead atoms. The summed E-state index contributed by atoms with van der Waals surface area (Å²) in [6.07, 6.45) is 2.07. The Balaban J connectivity index is 2.05. The zero-order valence-electron chi connectivity index (χ0n) is 12.2. The monoisotopic (exact) mass is 354 g/mol. The quantitative estimate of drug-likeness (QED) is 0.901. The first kappa shape index (κ1) is 15.8. The number of ether oxygens (including phenoxy) is 1. The Morgan fingerprint density at radius 1 is 1.33 bits per heavy atom. The lowest BCUT2D eigenvalue weighted by Crippen LogP contribution is -2.46. The van der Waals surface area contributed by atoms with Crippen LogP contribution >= 0.6 is 15.9 Å². The van der Waals surface area contributed by atoms with Gasteiger partial charge in [-0.05, 0) is 38.0 Å². The Bertz CT molecular complexity index is 542. The summed E-state index contributed by atoms with van der Waals surface area (Å²) in [6, 6.07) is 4.63. The van der Waals surface area contributed by atoms with E-state index in [1.54, 1.807) is 30.0 Å². The fraction of sp³-hybridized carbons (Fsp3) is 0.467. The van der Waals surface area contributed by atoms with Crippen LogP contribution in [0, 0.1) is 0 Å². The van der Waals surface area contributed by atoms with Gasteiger partial charge in [0.1, 0.15) is 11.8 Å². The van der Waals surface area contributed by atoms with Gasteiger partial charge in [-0.3, -0.25) is 9.59 Å². The molecule has 1 fully saturated rings. The number of amides is 2. The van der Waals surface area contributed by atoms with Crippen LogP contribution in [0.3, 0.4) is 0 Å². The molecule has 1 aliphatic heterocycles. The van der Waals surface area contributed by atoms with Crippen LogP contribution in [0.2, 0.25) is 0 Å². The van der Waals surface area contributed by atoms with E-state index >= 15 is 0 Å². The predicted molar refractivity (Wildman–Crippen MR) is 83.4 cm³/mol. The summed E-state index contributed by atoms with van der Waals surface area (Å²) in [6.45, 7) is 3.27. The topological polar surface area (TPSA) is 58.6 Å². The van der Waals surface area contributed by atoms with Crippen LogP contribution in [0.4, 0.5) is 0 Å². The molecular formula is C15H19BrN2O3. The third kappa shape index (κ3) is 3.75. The summed E-state index contributed by atoms with van der Waals surface area (Å²) in [5, 5.41) is 2.74. The molecule has 0 aliphatic carbocycles. The zero-order valence-corrected chi connectivity index (χ0v) is 13.8. The first-order valence-electron chi connectivity index (χ1n) is 6.96. The molecule has 1 saturated heterocycles. The summed E-state index contributed by atoms with van der Waals surface area (Å²) in [4.78, 5) is 26.3. The van der Waals surface area contributed by atoms with Gasteiger partial charge >= 0.3 is 0 Å². The molecule has 0 radical (unpaired) electrons. The number of nitrogens with zero attached hydrogens (tertiary/aromatic N) is 1. The highest BCUT2D eigenvalue weighted by Crippen LogP contribution is 2.23. The molecule has 1 unspecified atom stereocenters. The van der Waals surface area contributed by atoms with Crippen LogP contribution in [0.15, 0.2) is 22.7 Å². The molecule has 1 heterocycles. The smallest absolute Gasteiger partial charge is 0.255 e. The second-order valence-electron chi connectivity index (χ2n) is 5.07. The van der Waals surface area contributed by atoms with Crippen molar-refractivity contribution in [1.82, 2.24) is 10.2 Å². The van der Waals surface area contributed by atoms with Crippen LogP contribution in [0.5, 0.6) is 5.75 Å². The molecule has 2 rings (SSSR count). The summed E-state index contributed by atoms with van der Waals surface area (Å²) in [5.41, 5.74) is 0.418. The molecule has 114 valence electrons. The number of hydrogen-bond donors (Lipinski definition) is 1. The van der Waals surface area contributed by atoms with Crippen molar-refractivity contribution in [2.24, 2.45) is 0 Å². The first-order chi connectivity index (χ1) is 10.0. The minimum atomic E-state index is -0.538. The van der Waals surface area contributed by atoms with Gasteiger partial charge in [0, 0.05) is 17.6 Å². The maximum atomic E-state index is 12.3. The molecule has 6 heteroatoms. The van der Waals surface area contributed by atoms with Crippen molar-refractivity contribution in [2.75, 3.05) is 20.2 Å².